The smallest absolute Gasteiger partial charge is 0.346 e. The summed E-state index contributed by atoms with van der Waals surface area (Å²) >= 11 is 5.91. The van der Waals surface area contributed by atoms with Gasteiger partial charge in [-0.05, 0) is 31.0 Å². The highest BCUT2D eigenvalue weighted by Gasteiger charge is 2.18. The Bertz CT molecular complexity index is 830. The Balaban J connectivity index is 1.54. The molecule has 26 heavy (non-hydrogen) atoms. The maximum absolute atomic E-state index is 12.4. The molecule has 1 aliphatic rings. The molecule has 0 N–H and O–H groups in total. The van der Waals surface area contributed by atoms with Gasteiger partial charge in [0.1, 0.15) is 24.7 Å². The molecule has 0 radical (unpaired) electrons. The molecule has 7 nitrogen and oxygen atoms in total. The van der Waals surface area contributed by atoms with Crippen molar-refractivity contribution in [3.63, 3.8) is 0 Å². The van der Waals surface area contributed by atoms with Crippen LogP contribution in [0.4, 0.5) is 0 Å². The number of aromatic nitrogens is 3. The number of ether oxygens (including phenoxy) is 1. The van der Waals surface area contributed by atoms with E-state index in [-0.39, 0.29) is 18.1 Å². The SMILES string of the molecule is CN(CCOc1cccc(Cl)c1)C(=O)Cn1nc2n(c1=O)CCCCC2. The van der Waals surface area contributed by atoms with Crippen LogP contribution in [-0.2, 0) is 24.3 Å². The fourth-order valence-electron chi connectivity index (χ4n) is 2.96. The first kappa shape index (κ1) is 18.5. The minimum Gasteiger partial charge on any atom is -0.492 e. The summed E-state index contributed by atoms with van der Waals surface area (Å²) in [6.07, 6.45) is 3.91. The highest BCUT2D eigenvalue weighted by molar-refractivity contribution is 6.30. The van der Waals surface area contributed by atoms with Crippen molar-refractivity contribution >= 4 is 17.5 Å². The fraction of sp³-hybridized carbons (Fsp3) is 0.500. The highest BCUT2D eigenvalue weighted by Crippen LogP contribution is 2.17. The average molecular weight is 379 g/mol. The Morgan fingerprint density at radius 3 is 3.00 bits per heavy atom. The molecule has 2 heterocycles. The van der Waals surface area contributed by atoms with Crippen LogP contribution in [0.15, 0.2) is 29.1 Å². The molecule has 0 aliphatic carbocycles. The Kier molecular flexibility index (Phi) is 5.98. The maximum Gasteiger partial charge on any atom is 0.346 e. The van der Waals surface area contributed by atoms with Gasteiger partial charge in [-0.2, -0.15) is 5.10 Å². The number of carbonyl (C=O) groups excluding carboxylic acids is 1. The number of hydrogen-bond donors (Lipinski definition) is 0. The summed E-state index contributed by atoms with van der Waals surface area (Å²) in [5.74, 6) is 1.27. The van der Waals surface area contributed by atoms with Gasteiger partial charge in [-0.25, -0.2) is 9.48 Å². The lowest BCUT2D eigenvalue weighted by molar-refractivity contribution is -0.131. The zero-order valence-electron chi connectivity index (χ0n) is 14.9. The van der Waals surface area contributed by atoms with Crippen LogP contribution in [0.5, 0.6) is 5.75 Å². The van der Waals surface area contributed by atoms with E-state index in [1.807, 2.05) is 12.1 Å². The number of rotatable bonds is 6. The number of fused-ring (bicyclic) bond motifs is 1. The molecule has 0 saturated carbocycles. The summed E-state index contributed by atoms with van der Waals surface area (Å²) in [6, 6.07) is 7.11. The molecule has 1 aromatic heterocycles. The van der Waals surface area contributed by atoms with Gasteiger partial charge in [-0.3, -0.25) is 9.36 Å². The van der Waals surface area contributed by atoms with E-state index in [0.717, 1.165) is 31.5 Å². The number of carbonyl (C=O) groups is 1. The second-order valence-electron chi connectivity index (χ2n) is 6.44. The monoisotopic (exact) mass is 378 g/mol. The first-order valence-electron chi connectivity index (χ1n) is 8.83. The molecule has 2 aromatic rings. The predicted molar refractivity (Wildman–Crippen MR) is 98.6 cm³/mol. The number of benzene rings is 1. The normalized spacial score (nSPS) is 13.8. The second kappa shape index (κ2) is 8.40. The molecule has 140 valence electrons. The molecule has 0 spiro atoms. The molecule has 0 saturated heterocycles. The summed E-state index contributed by atoms with van der Waals surface area (Å²) in [7, 11) is 1.69. The molecule has 1 aromatic carbocycles. The molecule has 0 atom stereocenters. The van der Waals surface area contributed by atoms with E-state index in [9.17, 15) is 9.59 Å². The van der Waals surface area contributed by atoms with Crippen molar-refractivity contribution in [1.29, 1.82) is 0 Å². The van der Waals surface area contributed by atoms with Crippen molar-refractivity contribution < 1.29 is 9.53 Å². The molecule has 0 unspecified atom stereocenters. The van der Waals surface area contributed by atoms with Crippen molar-refractivity contribution in [2.24, 2.45) is 0 Å². The summed E-state index contributed by atoms with van der Waals surface area (Å²) in [5, 5.41) is 4.95. The van der Waals surface area contributed by atoms with Crippen LogP contribution in [0.25, 0.3) is 0 Å². The van der Waals surface area contributed by atoms with Gasteiger partial charge >= 0.3 is 5.69 Å². The van der Waals surface area contributed by atoms with E-state index in [1.165, 1.54) is 4.68 Å². The van der Waals surface area contributed by atoms with E-state index in [2.05, 4.69) is 5.10 Å². The third-order valence-corrected chi connectivity index (χ3v) is 4.72. The van der Waals surface area contributed by atoms with Crippen molar-refractivity contribution in [2.45, 2.75) is 38.8 Å². The molecule has 8 heteroatoms. The van der Waals surface area contributed by atoms with Crippen molar-refractivity contribution in [3.8, 4) is 5.75 Å². The van der Waals surface area contributed by atoms with Crippen LogP contribution in [-0.4, -0.2) is 45.4 Å². The van der Waals surface area contributed by atoms with Crippen LogP contribution < -0.4 is 10.4 Å². The molecule has 1 aliphatic heterocycles. The number of nitrogens with zero attached hydrogens (tertiary/aromatic N) is 4. The largest absolute Gasteiger partial charge is 0.492 e. The van der Waals surface area contributed by atoms with E-state index in [0.29, 0.717) is 30.5 Å². The van der Waals surface area contributed by atoms with Gasteiger partial charge < -0.3 is 9.64 Å². The van der Waals surface area contributed by atoms with Gasteiger partial charge in [-0.15, -0.1) is 0 Å². The zero-order chi connectivity index (χ0) is 18.5. The van der Waals surface area contributed by atoms with Crippen molar-refractivity contribution in [3.05, 3.63) is 45.6 Å². The molecule has 1 amide bonds. The average Bonchev–Trinajstić information content (AvgIpc) is 2.78. The minimum atomic E-state index is -0.196. The van der Waals surface area contributed by atoms with Gasteiger partial charge in [0, 0.05) is 25.0 Å². The molecular weight excluding hydrogens is 356 g/mol. The third kappa shape index (κ3) is 4.46. The summed E-state index contributed by atoms with van der Waals surface area (Å²) in [6.45, 7) is 1.39. The summed E-state index contributed by atoms with van der Waals surface area (Å²) < 4.78 is 8.57. The number of likely N-dealkylation sites (N-methyl/N-ethyl adjacent to an activating group) is 1. The first-order chi connectivity index (χ1) is 12.5. The number of hydrogen-bond acceptors (Lipinski definition) is 4. The fourth-order valence-corrected chi connectivity index (χ4v) is 3.14. The van der Waals surface area contributed by atoms with Gasteiger partial charge in [0.25, 0.3) is 0 Å². The van der Waals surface area contributed by atoms with Crippen LogP contribution in [0.1, 0.15) is 25.1 Å². The van der Waals surface area contributed by atoms with Crippen molar-refractivity contribution in [1.82, 2.24) is 19.2 Å². The molecule has 0 bridgehead atoms. The van der Waals surface area contributed by atoms with E-state index >= 15 is 0 Å². The van der Waals surface area contributed by atoms with Crippen LogP contribution in [0.2, 0.25) is 5.02 Å². The van der Waals surface area contributed by atoms with E-state index in [1.54, 1.807) is 28.6 Å². The molecular formula is C18H23ClN4O3. The van der Waals surface area contributed by atoms with Crippen LogP contribution >= 0.6 is 11.6 Å². The summed E-state index contributed by atoms with van der Waals surface area (Å²) in [5.41, 5.74) is -0.196. The zero-order valence-corrected chi connectivity index (χ0v) is 15.6. The second-order valence-corrected chi connectivity index (χ2v) is 6.88. The van der Waals surface area contributed by atoms with Gasteiger partial charge in [0.2, 0.25) is 5.91 Å². The Hall–Kier alpha value is -2.28. The topological polar surface area (TPSA) is 69.4 Å². The maximum atomic E-state index is 12.4. The predicted octanol–water partition coefficient (Wildman–Crippen LogP) is 1.96. The number of aryl methyl sites for hydroxylation is 1. The standard InChI is InChI=1S/C18H23ClN4O3/c1-21(10-11-26-15-7-5-6-14(19)12-15)17(24)13-23-18(25)22-9-4-2-3-8-16(22)20-23/h5-7,12H,2-4,8-11,13H2,1H3. The first-order valence-corrected chi connectivity index (χ1v) is 9.21. The quantitative estimate of drug-likeness (QED) is 0.770. The van der Waals surface area contributed by atoms with E-state index < -0.39 is 0 Å². The van der Waals surface area contributed by atoms with Gasteiger partial charge in [0.05, 0.1) is 6.54 Å². The van der Waals surface area contributed by atoms with Crippen LogP contribution in [0, 0.1) is 0 Å². The lowest BCUT2D eigenvalue weighted by atomic mass is 10.2. The summed E-state index contributed by atoms with van der Waals surface area (Å²) in [4.78, 5) is 26.3. The van der Waals surface area contributed by atoms with E-state index in [4.69, 9.17) is 16.3 Å². The number of halogens is 1. The minimum absolute atomic E-state index is 0.0491. The Morgan fingerprint density at radius 2 is 2.19 bits per heavy atom. The lowest BCUT2D eigenvalue weighted by Crippen LogP contribution is -2.37. The van der Waals surface area contributed by atoms with Crippen molar-refractivity contribution in [2.75, 3.05) is 20.2 Å². The Morgan fingerprint density at radius 1 is 1.35 bits per heavy atom. The third-order valence-electron chi connectivity index (χ3n) is 4.48. The van der Waals surface area contributed by atoms with Crippen LogP contribution in [0.3, 0.4) is 0 Å². The van der Waals surface area contributed by atoms with Gasteiger partial charge in [0.15, 0.2) is 0 Å². The van der Waals surface area contributed by atoms with Gasteiger partial charge in [-0.1, -0.05) is 24.1 Å². The lowest BCUT2D eigenvalue weighted by Gasteiger charge is -2.17. The molecule has 3 rings (SSSR count). The Labute approximate surface area is 157 Å². The molecule has 0 fully saturated rings. The number of amides is 1. The highest BCUT2D eigenvalue weighted by atomic mass is 35.5.